The first-order chi connectivity index (χ1) is 8.97. The van der Waals surface area contributed by atoms with Gasteiger partial charge in [0.1, 0.15) is 0 Å². The molecule has 0 bridgehead atoms. The van der Waals surface area contributed by atoms with Crippen molar-refractivity contribution >= 4 is 5.69 Å². The Balaban J connectivity index is 2.11. The van der Waals surface area contributed by atoms with Crippen molar-refractivity contribution in [1.29, 1.82) is 0 Å². The Kier molecular flexibility index (Phi) is 4.42. The average Bonchev–Trinajstić information content (AvgIpc) is 2.89. The van der Waals surface area contributed by atoms with Crippen LogP contribution in [0.5, 0.6) is 0 Å². The van der Waals surface area contributed by atoms with Crippen LogP contribution < -0.4 is 10.2 Å². The summed E-state index contributed by atoms with van der Waals surface area (Å²) >= 11 is 0. The minimum Gasteiger partial charge on any atom is -0.379 e. The summed E-state index contributed by atoms with van der Waals surface area (Å²) in [6.07, 6.45) is 4.92. The highest BCUT2D eigenvalue weighted by atomic mass is 16.5. The Bertz CT molecular complexity index is 408. The normalized spacial score (nSPS) is 19.7. The predicted octanol–water partition coefficient (Wildman–Crippen LogP) is 2.19. The summed E-state index contributed by atoms with van der Waals surface area (Å²) in [5, 5.41) is 3.53. The third-order valence-corrected chi connectivity index (χ3v) is 3.52. The number of anilines is 1. The molecule has 0 aromatic carbocycles. The van der Waals surface area contributed by atoms with E-state index in [1.165, 1.54) is 11.3 Å². The van der Waals surface area contributed by atoms with Crippen LogP contribution in [0.25, 0.3) is 0 Å². The van der Waals surface area contributed by atoms with E-state index in [9.17, 15) is 0 Å². The van der Waals surface area contributed by atoms with E-state index in [1.54, 1.807) is 0 Å². The number of ether oxygens (including phenoxy) is 1. The summed E-state index contributed by atoms with van der Waals surface area (Å²) in [6, 6.07) is 2.58. The fourth-order valence-electron chi connectivity index (χ4n) is 2.28. The molecule has 2 heterocycles. The van der Waals surface area contributed by atoms with Gasteiger partial charge in [0, 0.05) is 49.4 Å². The quantitative estimate of drug-likeness (QED) is 0.903. The number of likely N-dealkylation sites (N-methyl/N-ethyl adjacent to an activating group) is 1. The van der Waals surface area contributed by atoms with Crippen LogP contribution in [0.3, 0.4) is 0 Å². The minimum absolute atomic E-state index is 0.113. The van der Waals surface area contributed by atoms with Crippen LogP contribution in [0.2, 0.25) is 0 Å². The maximum absolute atomic E-state index is 5.48. The molecule has 2 rings (SSSR count). The summed E-state index contributed by atoms with van der Waals surface area (Å²) in [5.41, 5.74) is 2.61. The molecule has 0 amide bonds. The van der Waals surface area contributed by atoms with E-state index in [4.69, 9.17) is 4.74 Å². The van der Waals surface area contributed by atoms with E-state index in [2.05, 4.69) is 49.1 Å². The number of rotatable bonds is 4. The van der Waals surface area contributed by atoms with Gasteiger partial charge in [-0.3, -0.25) is 4.98 Å². The van der Waals surface area contributed by atoms with E-state index < -0.39 is 0 Å². The Labute approximate surface area is 116 Å². The van der Waals surface area contributed by atoms with Gasteiger partial charge in [0.25, 0.3) is 0 Å². The van der Waals surface area contributed by atoms with Crippen LogP contribution in [0.1, 0.15) is 32.8 Å². The van der Waals surface area contributed by atoms with E-state index in [0.717, 1.165) is 26.2 Å². The number of hydrogen-bond donors (Lipinski definition) is 1. The van der Waals surface area contributed by atoms with Crippen LogP contribution in [0.4, 0.5) is 5.69 Å². The zero-order valence-corrected chi connectivity index (χ0v) is 12.4. The van der Waals surface area contributed by atoms with Gasteiger partial charge in [0.15, 0.2) is 0 Å². The summed E-state index contributed by atoms with van der Waals surface area (Å²) in [4.78, 5) is 6.58. The Morgan fingerprint density at radius 3 is 2.89 bits per heavy atom. The molecular formula is C15H25N3O. The lowest BCUT2D eigenvalue weighted by Crippen LogP contribution is -2.37. The molecule has 106 valence electrons. The molecule has 1 aromatic rings. The molecule has 1 fully saturated rings. The molecule has 1 atom stereocenters. The Hall–Kier alpha value is -1.13. The van der Waals surface area contributed by atoms with E-state index >= 15 is 0 Å². The first kappa shape index (κ1) is 14.3. The number of nitrogens with zero attached hydrogens (tertiary/aromatic N) is 2. The topological polar surface area (TPSA) is 37.4 Å². The van der Waals surface area contributed by atoms with E-state index in [0.29, 0.717) is 6.04 Å². The van der Waals surface area contributed by atoms with Gasteiger partial charge in [-0.1, -0.05) is 0 Å². The van der Waals surface area contributed by atoms with Gasteiger partial charge in [-0.2, -0.15) is 0 Å². The molecular weight excluding hydrogens is 238 g/mol. The van der Waals surface area contributed by atoms with Gasteiger partial charge in [-0.15, -0.1) is 0 Å². The monoisotopic (exact) mass is 263 g/mol. The standard InChI is InChI=1S/C15H25N3O/c1-15(2,3)17-10-12-9-16-7-5-14(12)18(4)13-6-8-19-11-13/h5,7,9,13,17H,6,8,10-11H2,1-4H3. The van der Waals surface area contributed by atoms with Crippen LogP contribution in [0.15, 0.2) is 18.5 Å². The van der Waals surface area contributed by atoms with Crippen molar-refractivity contribution in [3.05, 3.63) is 24.0 Å². The molecule has 19 heavy (non-hydrogen) atoms. The van der Waals surface area contributed by atoms with Crippen molar-refractivity contribution in [1.82, 2.24) is 10.3 Å². The van der Waals surface area contributed by atoms with Crippen molar-refractivity contribution < 1.29 is 4.74 Å². The second-order valence-corrected chi connectivity index (χ2v) is 6.24. The first-order valence-corrected chi connectivity index (χ1v) is 6.96. The van der Waals surface area contributed by atoms with Gasteiger partial charge in [-0.25, -0.2) is 0 Å². The highest BCUT2D eigenvalue weighted by Gasteiger charge is 2.22. The van der Waals surface area contributed by atoms with Crippen molar-refractivity contribution in [2.45, 2.75) is 45.3 Å². The fraction of sp³-hybridized carbons (Fsp3) is 0.667. The van der Waals surface area contributed by atoms with Crippen molar-refractivity contribution in [2.24, 2.45) is 0 Å². The summed E-state index contributed by atoms with van der Waals surface area (Å²) < 4.78 is 5.48. The minimum atomic E-state index is 0.113. The van der Waals surface area contributed by atoms with E-state index in [1.807, 2.05) is 12.4 Å². The number of pyridine rings is 1. The van der Waals surface area contributed by atoms with Crippen LogP contribution in [-0.4, -0.2) is 36.8 Å². The third kappa shape index (κ3) is 3.91. The molecule has 0 radical (unpaired) electrons. The molecule has 0 spiro atoms. The molecule has 0 aliphatic carbocycles. The highest BCUT2D eigenvalue weighted by Crippen LogP contribution is 2.23. The molecule has 4 nitrogen and oxygen atoms in total. The lowest BCUT2D eigenvalue weighted by Gasteiger charge is -2.29. The molecule has 1 N–H and O–H groups in total. The number of nitrogens with one attached hydrogen (secondary N) is 1. The maximum Gasteiger partial charge on any atom is 0.0670 e. The van der Waals surface area contributed by atoms with Gasteiger partial charge in [0.05, 0.1) is 12.6 Å². The third-order valence-electron chi connectivity index (χ3n) is 3.52. The molecule has 1 unspecified atom stereocenters. The van der Waals surface area contributed by atoms with Crippen LogP contribution >= 0.6 is 0 Å². The molecule has 1 aromatic heterocycles. The Morgan fingerprint density at radius 1 is 1.47 bits per heavy atom. The predicted molar refractivity (Wildman–Crippen MR) is 78.5 cm³/mol. The Morgan fingerprint density at radius 2 is 2.26 bits per heavy atom. The van der Waals surface area contributed by atoms with Gasteiger partial charge in [-0.05, 0) is 33.3 Å². The van der Waals surface area contributed by atoms with Crippen LogP contribution in [0, 0.1) is 0 Å². The van der Waals surface area contributed by atoms with E-state index in [-0.39, 0.29) is 5.54 Å². The van der Waals surface area contributed by atoms with Crippen molar-refractivity contribution in [3.63, 3.8) is 0 Å². The fourth-order valence-corrected chi connectivity index (χ4v) is 2.28. The molecule has 1 saturated heterocycles. The second kappa shape index (κ2) is 5.88. The van der Waals surface area contributed by atoms with Crippen molar-refractivity contribution in [3.8, 4) is 0 Å². The zero-order valence-electron chi connectivity index (χ0n) is 12.4. The maximum atomic E-state index is 5.48. The summed E-state index contributed by atoms with van der Waals surface area (Å²) in [5.74, 6) is 0. The SMILES string of the molecule is CN(c1ccncc1CNC(C)(C)C)C1CCOC1. The molecule has 0 saturated carbocycles. The zero-order chi connectivity index (χ0) is 13.9. The smallest absolute Gasteiger partial charge is 0.0670 e. The largest absolute Gasteiger partial charge is 0.379 e. The average molecular weight is 263 g/mol. The number of aromatic nitrogens is 1. The highest BCUT2D eigenvalue weighted by molar-refractivity contribution is 5.52. The van der Waals surface area contributed by atoms with Gasteiger partial charge in [0.2, 0.25) is 0 Å². The second-order valence-electron chi connectivity index (χ2n) is 6.24. The summed E-state index contributed by atoms with van der Waals surface area (Å²) in [6.45, 7) is 9.07. The molecule has 1 aliphatic heterocycles. The lowest BCUT2D eigenvalue weighted by molar-refractivity contribution is 0.193. The lowest BCUT2D eigenvalue weighted by atomic mass is 10.1. The molecule has 1 aliphatic rings. The van der Waals surface area contributed by atoms with Crippen molar-refractivity contribution in [2.75, 3.05) is 25.2 Å². The van der Waals surface area contributed by atoms with Gasteiger partial charge >= 0.3 is 0 Å². The summed E-state index contributed by atoms with van der Waals surface area (Å²) in [7, 11) is 2.15. The van der Waals surface area contributed by atoms with Gasteiger partial charge < -0.3 is 15.0 Å². The van der Waals surface area contributed by atoms with Crippen LogP contribution in [-0.2, 0) is 11.3 Å². The first-order valence-electron chi connectivity index (χ1n) is 6.96. The number of hydrogen-bond acceptors (Lipinski definition) is 4. The molecule has 4 heteroatoms.